The number of imidazole rings is 1. The molecule has 0 aliphatic carbocycles. The van der Waals surface area contributed by atoms with Gasteiger partial charge < -0.3 is 67.8 Å². The van der Waals surface area contributed by atoms with Crippen LogP contribution in [-0.2, 0) is 24.4 Å². The number of anilines is 3. The first-order valence-corrected chi connectivity index (χ1v) is 17.4. The van der Waals surface area contributed by atoms with E-state index in [2.05, 4.69) is 15.3 Å². The van der Waals surface area contributed by atoms with Gasteiger partial charge in [0.25, 0.3) is 11.7 Å². The van der Waals surface area contributed by atoms with Crippen molar-refractivity contribution < 1.29 is 65.2 Å². The van der Waals surface area contributed by atoms with Gasteiger partial charge in [0, 0.05) is 37.8 Å². The molecule has 22 heteroatoms. The van der Waals surface area contributed by atoms with E-state index in [-0.39, 0.29) is 47.8 Å². The van der Waals surface area contributed by atoms with E-state index in [1.807, 2.05) is 23.0 Å². The van der Waals surface area contributed by atoms with Crippen molar-refractivity contribution in [3.05, 3.63) is 34.7 Å². The maximum Gasteiger partial charge on any atom is 0.277 e. The van der Waals surface area contributed by atoms with Gasteiger partial charge in [-0.2, -0.15) is 0 Å². The van der Waals surface area contributed by atoms with Crippen molar-refractivity contribution in [3.63, 3.8) is 0 Å². The van der Waals surface area contributed by atoms with Gasteiger partial charge in [-0.25, -0.2) is 19.1 Å². The van der Waals surface area contributed by atoms with Crippen molar-refractivity contribution in [2.45, 2.75) is 82.3 Å². The van der Waals surface area contributed by atoms with E-state index in [1.165, 1.54) is 9.80 Å². The molecule has 0 aliphatic heterocycles. The lowest BCUT2D eigenvalue weighted by Gasteiger charge is -2.33. The number of aliphatic hydroxyl groups excluding tert-OH is 10. The molecule has 2 aromatic heterocycles. The van der Waals surface area contributed by atoms with Crippen molar-refractivity contribution in [1.29, 1.82) is 0 Å². The number of halogens is 1. The number of amides is 2. The van der Waals surface area contributed by atoms with Crippen molar-refractivity contribution in [2.24, 2.45) is 0 Å². The number of aliphatic hydroxyl groups is 10. The first-order valence-electron chi connectivity index (χ1n) is 17.1. The Morgan fingerprint density at radius 1 is 0.907 bits per heavy atom. The molecule has 1 aromatic carbocycles. The summed E-state index contributed by atoms with van der Waals surface area (Å²) in [6, 6.07) is 4.99. The smallest absolute Gasteiger partial charge is 0.277 e. The number of aromatic nitrogens is 4. The minimum atomic E-state index is -1.96. The molecule has 2 heterocycles. The molecule has 54 heavy (non-hydrogen) atoms. The molecule has 0 spiro atoms. The van der Waals surface area contributed by atoms with Crippen LogP contribution in [0.15, 0.2) is 18.2 Å². The predicted molar refractivity (Wildman–Crippen MR) is 193 cm³/mol. The fraction of sp³-hybridized carbons (Fsp3) is 0.594. The summed E-state index contributed by atoms with van der Waals surface area (Å²) in [4.78, 5) is 36.2. The Morgan fingerprint density at radius 2 is 1.46 bits per heavy atom. The van der Waals surface area contributed by atoms with E-state index in [1.54, 1.807) is 18.2 Å². The molecule has 3 aromatic rings. The van der Waals surface area contributed by atoms with Crippen molar-refractivity contribution in [3.8, 4) is 0 Å². The topological polar surface area (TPSA) is 342 Å². The van der Waals surface area contributed by atoms with Crippen LogP contribution in [0.25, 0.3) is 11.0 Å². The number of nitrogens with zero attached hydrogens (tertiary/aromatic N) is 6. The molecule has 302 valence electrons. The molecule has 0 unspecified atom stereocenters. The number of aryl methyl sites for hydroxylation is 2. The quantitative estimate of drug-likeness (QED) is 0.0334. The van der Waals surface area contributed by atoms with Gasteiger partial charge in [0.15, 0.2) is 33.6 Å². The molecule has 0 bridgehead atoms. The number of carbonyl (C=O) groups is 2. The summed E-state index contributed by atoms with van der Waals surface area (Å²) in [7, 11) is 0. The van der Waals surface area contributed by atoms with E-state index in [9.17, 15) is 50.4 Å². The lowest BCUT2D eigenvalue weighted by molar-refractivity contribution is -0.676. The highest BCUT2D eigenvalue weighted by Crippen LogP contribution is 2.26. The van der Waals surface area contributed by atoms with E-state index in [0.717, 1.165) is 5.52 Å². The number of nitrogens with one attached hydrogen (secondary N) is 1. The highest BCUT2D eigenvalue weighted by molar-refractivity contribution is 6.31. The molecule has 2 amide bonds. The molecule has 8 atom stereocenters. The summed E-state index contributed by atoms with van der Waals surface area (Å²) in [6.45, 7) is 1.65. The highest BCUT2D eigenvalue weighted by atomic mass is 35.5. The van der Waals surface area contributed by atoms with Gasteiger partial charge >= 0.3 is 0 Å². The second-order valence-corrected chi connectivity index (χ2v) is 12.9. The first-order chi connectivity index (χ1) is 25.5. The highest BCUT2D eigenvalue weighted by Gasteiger charge is 2.34. The minimum absolute atomic E-state index is 0.00340. The zero-order chi connectivity index (χ0) is 40.4. The zero-order valence-electron chi connectivity index (χ0n) is 29.8. The molecule has 0 radical (unpaired) electrons. The standard InChI is InChI=1S/C32H50ClN9O12/c1-3-41-17-6-5-16(9-18(17)42(4-2)23(41)12-40(15-45)31-30(35)38-29(34)28(33)37-31)32(54)36-7-8-39(10-19(46)24(50)26(52)21(48)13-43)11-20(47)25(51)27(53)22(49)14-44/h5-6,9,15,19-22,24-27,43-44,46-53H,3-4,7-8,10-14H2,1-2H3,(H4-,34,35,36,38,54)/p+1/t19-,20-,21+,22+,24+,25+,26+,27+/m0/s1. The Hall–Kier alpha value is -3.84. The van der Waals surface area contributed by atoms with Crippen LogP contribution >= 0.6 is 11.6 Å². The molecule has 0 saturated carbocycles. The monoisotopic (exact) mass is 788 g/mol. The normalized spacial score (nSPS) is 16.4. The molecule has 3 rings (SSSR count). The number of benzene rings is 1. The second kappa shape index (κ2) is 20.2. The van der Waals surface area contributed by atoms with Crippen LogP contribution in [0, 0.1) is 0 Å². The SMILES string of the molecule is CCn1c(CN(C=O)c2nc(Cl)c(N)nc2N)[n+](CC)c2ccc(C(=O)NCCN(C[C@H](O)[C@@H](O)[C@H](O)[C@H](O)CO)C[C@H](O)[C@@H](O)[C@H](O)[C@H](O)CO)cc21. The number of rotatable bonds is 22. The zero-order valence-corrected chi connectivity index (χ0v) is 30.6. The maximum atomic E-state index is 13.4. The van der Waals surface area contributed by atoms with Crippen LogP contribution in [0.4, 0.5) is 17.5 Å². The summed E-state index contributed by atoms with van der Waals surface area (Å²) in [5, 5.41) is 102. The van der Waals surface area contributed by atoms with E-state index in [4.69, 9.17) is 33.3 Å². The maximum absolute atomic E-state index is 13.4. The molecule has 0 fully saturated rings. The number of carbonyl (C=O) groups excluding carboxylic acids is 2. The Labute approximate surface area is 314 Å². The molecule has 0 aliphatic rings. The van der Waals surface area contributed by atoms with Crippen LogP contribution in [-0.4, -0.2) is 171 Å². The summed E-state index contributed by atoms with van der Waals surface area (Å²) in [5.74, 6) is -0.0409. The van der Waals surface area contributed by atoms with Crippen molar-refractivity contribution in [2.75, 3.05) is 55.8 Å². The molecule has 21 nitrogen and oxygen atoms in total. The third-order valence-corrected chi connectivity index (χ3v) is 9.20. The third-order valence-electron chi connectivity index (χ3n) is 8.93. The van der Waals surface area contributed by atoms with Gasteiger partial charge in [0.1, 0.15) is 43.2 Å². The fourth-order valence-electron chi connectivity index (χ4n) is 5.93. The Balaban J connectivity index is 1.84. The first kappa shape index (κ1) is 44.6. The van der Waals surface area contributed by atoms with Crippen LogP contribution in [0.3, 0.4) is 0 Å². The Kier molecular flexibility index (Phi) is 16.7. The molecule has 0 saturated heterocycles. The van der Waals surface area contributed by atoms with E-state index in [0.29, 0.717) is 30.8 Å². The fourth-order valence-corrected chi connectivity index (χ4v) is 6.05. The largest absolute Gasteiger partial charge is 0.394 e. The van der Waals surface area contributed by atoms with E-state index < -0.39 is 81.0 Å². The number of nitrogen functional groups attached to an aromatic ring is 2. The Bertz CT molecular complexity index is 1670. The number of nitrogens with two attached hydrogens (primary N) is 2. The van der Waals surface area contributed by atoms with Gasteiger partial charge in [0.05, 0.1) is 38.5 Å². The summed E-state index contributed by atoms with van der Waals surface area (Å²) >= 11 is 6.05. The van der Waals surface area contributed by atoms with Crippen molar-refractivity contribution in [1.82, 2.24) is 24.8 Å². The molecular formula is C32H51ClN9O12+. The van der Waals surface area contributed by atoms with Gasteiger partial charge in [0.2, 0.25) is 6.41 Å². The van der Waals surface area contributed by atoms with Gasteiger partial charge in [-0.3, -0.25) is 19.4 Å². The van der Waals surface area contributed by atoms with E-state index >= 15 is 0 Å². The summed E-state index contributed by atoms with van der Waals surface area (Å²) in [5.41, 5.74) is 13.4. The summed E-state index contributed by atoms with van der Waals surface area (Å²) in [6.07, 6.45) is -14.4. The Morgan fingerprint density at radius 3 is 1.96 bits per heavy atom. The van der Waals surface area contributed by atoms with Gasteiger partial charge in [-0.1, -0.05) is 11.6 Å². The number of hydrogen-bond acceptors (Lipinski definition) is 17. The lowest BCUT2D eigenvalue weighted by Crippen LogP contribution is -2.54. The van der Waals surface area contributed by atoms with Crippen molar-refractivity contribution >= 4 is 52.4 Å². The lowest BCUT2D eigenvalue weighted by atomic mass is 10.0. The predicted octanol–water partition coefficient (Wildman–Crippen LogP) is -5.36. The second-order valence-electron chi connectivity index (χ2n) is 12.6. The molecule has 15 N–H and O–H groups in total. The van der Waals surface area contributed by atoms with Gasteiger partial charge in [-0.15, -0.1) is 0 Å². The van der Waals surface area contributed by atoms with Crippen LogP contribution in [0.1, 0.15) is 30.0 Å². The van der Waals surface area contributed by atoms with Crippen LogP contribution < -0.4 is 26.3 Å². The third kappa shape index (κ3) is 10.5. The summed E-state index contributed by atoms with van der Waals surface area (Å²) < 4.78 is 3.85. The van der Waals surface area contributed by atoms with Crippen LogP contribution in [0.2, 0.25) is 5.15 Å². The number of hydrogen-bond donors (Lipinski definition) is 13. The average molecular weight is 789 g/mol. The minimum Gasteiger partial charge on any atom is -0.394 e. The van der Waals surface area contributed by atoms with Gasteiger partial charge in [-0.05, 0) is 26.0 Å². The average Bonchev–Trinajstić information content (AvgIpc) is 3.47. The molecular weight excluding hydrogens is 738 g/mol. The number of fused-ring (bicyclic) bond motifs is 1. The van der Waals surface area contributed by atoms with Crippen LogP contribution in [0.5, 0.6) is 0 Å².